The van der Waals surface area contributed by atoms with Gasteiger partial charge in [-0.2, -0.15) is 0 Å². The number of aromatic nitrogens is 1. The molecule has 7 nitrogen and oxygen atoms in total. The molecule has 0 fully saturated rings. The molecule has 0 saturated heterocycles. The summed E-state index contributed by atoms with van der Waals surface area (Å²) in [6, 6.07) is 17.1. The van der Waals surface area contributed by atoms with Crippen LogP contribution in [-0.2, 0) is 23.3 Å². The second kappa shape index (κ2) is 8.27. The van der Waals surface area contributed by atoms with Gasteiger partial charge < -0.3 is 9.30 Å². The first-order valence-corrected chi connectivity index (χ1v) is 10.0. The van der Waals surface area contributed by atoms with E-state index in [0.717, 1.165) is 21.7 Å². The standard InChI is InChI=1S/C22H20N2O5S/c1-23-16-12-8-7-11-15(16)19-17(21(23)25)18(29-13-14-9-5-4-6-10-14)20(30-19)22(26)24(27-2)28-3/h4-12H,13H2,1-3H3. The van der Waals surface area contributed by atoms with Crippen LogP contribution >= 0.6 is 11.3 Å². The van der Waals surface area contributed by atoms with Crippen LogP contribution in [0.5, 0.6) is 5.75 Å². The van der Waals surface area contributed by atoms with Gasteiger partial charge in [0.15, 0.2) is 5.75 Å². The summed E-state index contributed by atoms with van der Waals surface area (Å²) in [6.45, 7) is 0.211. The SMILES string of the molecule is CON(OC)C(=O)c1sc2c(c1OCc1ccccc1)c(=O)n(C)c1ccccc21. The van der Waals surface area contributed by atoms with Crippen LogP contribution in [0.15, 0.2) is 59.4 Å². The van der Waals surface area contributed by atoms with Gasteiger partial charge in [0.25, 0.3) is 5.56 Å². The van der Waals surface area contributed by atoms with E-state index in [1.807, 2.05) is 54.6 Å². The molecule has 2 aromatic heterocycles. The van der Waals surface area contributed by atoms with E-state index in [-0.39, 0.29) is 22.8 Å². The largest absolute Gasteiger partial charge is 0.486 e. The van der Waals surface area contributed by atoms with Gasteiger partial charge in [0.05, 0.1) is 24.4 Å². The minimum atomic E-state index is -0.546. The summed E-state index contributed by atoms with van der Waals surface area (Å²) in [4.78, 5) is 36.5. The molecule has 0 atom stereocenters. The zero-order valence-electron chi connectivity index (χ0n) is 16.7. The second-order valence-electron chi connectivity index (χ2n) is 6.55. The summed E-state index contributed by atoms with van der Waals surface area (Å²) < 4.78 is 8.32. The van der Waals surface area contributed by atoms with Gasteiger partial charge in [0.1, 0.15) is 16.9 Å². The fraction of sp³-hybridized carbons (Fsp3) is 0.182. The van der Waals surface area contributed by atoms with E-state index in [4.69, 9.17) is 14.4 Å². The van der Waals surface area contributed by atoms with E-state index in [1.54, 1.807) is 11.6 Å². The minimum absolute atomic E-state index is 0.211. The van der Waals surface area contributed by atoms with Crippen LogP contribution < -0.4 is 10.3 Å². The number of hydrogen-bond acceptors (Lipinski definition) is 6. The number of thiophene rings is 1. The lowest BCUT2D eigenvalue weighted by molar-refractivity contribution is -0.299. The summed E-state index contributed by atoms with van der Waals surface area (Å²) in [6.07, 6.45) is 0. The molecule has 0 saturated carbocycles. The monoisotopic (exact) mass is 424 g/mol. The summed E-state index contributed by atoms with van der Waals surface area (Å²) >= 11 is 1.19. The molecular formula is C22H20N2O5S. The van der Waals surface area contributed by atoms with Crippen molar-refractivity contribution < 1.29 is 19.2 Å². The van der Waals surface area contributed by atoms with Gasteiger partial charge in [-0.15, -0.1) is 11.3 Å². The number of amides is 1. The molecule has 0 bridgehead atoms. The summed E-state index contributed by atoms with van der Waals surface area (Å²) in [5, 5.41) is 1.99. The lowest BCUT2D eigenvalue weighted by atomic mass is 10.1. The van der Waals surface area contributed by atoms with Crippen LogP contribution in [0, 0.1) is 0 Å². The van der Waals surface area contributed by atoms with E-state index in [1.165, 1.54) is 25.6 Å². The van der Waals surface area contributed by atoms with Crippen molar-refractivity contribution in [3.8, 4) is 5.75 Å². The number of benzene rings is 2. The molecule has 1 amide bonds. The van der Waals surface area contributed by atoms with Gasteiger partial charge in [0.2, 0.25) is 0 Å². The van der Waals surface area contributed by atoms with Crippen LogP contribution in [0.4, 0.5) is 0 Å². The Balaban J connectivity index is 1.96. The van der Waals surface area contributed by atoms with Gasteiger partial charge in [-0.1, -0.05) is 53.8 Å². The quantitative estimate of drug-likeness (QED) is 0.439. The van der Waals surface area contributed by atoms with Crippen molar-refractivity contribution in [1.82, 2.24) is 9.79 Å². The molecule has 154 valence electrons. The van der Waals surface area contributed by atoms with E-state index in [9.17, 15) is 9.59 Å². The molecular weight excluding hydrogens is 404 g/mol. The van der Waals surface area contributed by atoms with Crippen molar-refractivity contribution in [2.24, 2.45) is 7.05 Å². The number of rotatable bonds is 6. The number of hydrogen-bond donors (Lipinski definition) is 0. The molecule has 2 heterocycles. The minimum Gasteiger partial charge on any atom is -0.486 e. The highest BCUT2D eigenvalue weighted by Gasteiger charge is 2.28. The first kappa shape index (κ1) is 20.1. The Labute approximate surface area is 176 Å². The molecule has 30 heavy (non-hydrogen) atoms. The summed E-state index contributed by atoms with van der Waals surface area (Å²) in [5.74, 6) is -0.315. The smallest absolute Gasteiger partial charge is 0.317 e. The Bertz CT molecular complexity index is 1280. The third kappa shape index (κ3) is 3.35. The van der Waals surface area contributed by atoms with Crippen molar-refractivity contribution in [3.05, 3.63) is 75.4 Å². The molecule has 0 N–H and O–H groups in total. The van der Waals surface area contributed by atoms with Crippen LogP contribution in [0.2, 0.25) is 0 Å². The molecule has 0 aliphatic rings. The average Bonchev–Trinajstić information content (AvgIpc) is 3.17. The van der Waals surface area contributed by atoms with E-state index >= 15 is 0 Å². The zero-order chi connectivity index (χ0) is 21.3. The molecule has 4 aromatic rings. The second-order valence-corrected chi connectivity index (χ2v) is 7.57. The number of carbonyl (C=O) groups excluding carboxylic acids is 1. The van der Waals surface area contributed by atoms with Crippen molar-refractivity contribution >= 4 is 38.2 Å². The fourth-order valence-corrected chi connectivity index (χ4v) is 4.55. The fourth-order valence-electron chi connectivity index (χ4n) is 3.37. The number of nitrogens with zero attached hydrogens (tertiary/aromatic N) is 2. The molecule has 0 aliphatic heterocycles. The number of para-hydroxylation sites is 1. The lowest BCUT2D eigenvalue weighted by Gasteiger charge is -2.16. The predicted octanol–water partition coefficient (Wildman–Crippen LogP) is 3.90. The van der Waals surface area contributed by atoms with E-state index in [2.05, 4.69) is 0 Å². The highest BCUT2D eigenvalue weighted by Crippen LogP contribution is 2.40. The maximum absolute atomic E-state index is 13.2. The van der Waals surface area contributed by atoms with Crippen molar-refractivity contribution in [3.63, 3.8) is 0 Å². The Hall–Kier alpha value is -3.20. The number of aryl methyl sites for hydroxylation is 1. The van der Waals surface area contributed by atoms with Crippen molar-refractivity contribution in [2.45, 2.75) is 6.61 Å². The Kier molecular flexibility index (Phi) is 5.54. The van der Waals surface area contributed by atoms with Gasteiger partial charge >= 0.3 is 5.91 Å². The van der Waals surface area contributed by atoms with Gasteiger partial charge in [0, 0.05) is 12.4 Å². The molecule has 2 aromatic carbocycles. The summed E-state index contributed by atoms with van der Waals surface area (Å²) in [7, 11) is 4.36. The number of fused-ring (bicyclic) bond motifs is 3. The van der Waals surface area contributed by atoms with Gasteiger partial charge in [-0.25, -0.2) is 9.68 Å². The normalized spacial score (nSPS) is 11.2. The maximum atomic E-state index is 13.2. The first-order valence-electron chi connectivity index (χ1n) is 9.20. The lowest BCUT2D eigenvalue weighted by Crippen LogP contribution is -2.28. The molecule has 0 unspecified atom stereocenters. The van der Waals surface area contributed by atoms with E-state index < -0.39 is 5.91 Å². The maximum Gasteiger partial charge on any atom is 0.317 e. The zero-order valence-corrected chi connectivity index (χ0v) is 17.6. The number of ether oxygens (including phenoxy) is 1. The number of hydroxylamine groups is 2. The average molecular weight is 424 g/mol. The Morgan fingerprint density at radius 1 is 1.03 bits per heavy atom. The van der Waals surface area contributed by atoms with Gasteiger partial charge in [-0.05, 0) is 11.6 Å². The highest BCUT2D eigenvalue weighted by atomic mass is 32.1. The summed E-state index contributed by atoms with van der Waals surface area (Å²) in [5.41, 5.74) is 1.46. The van der Waals surface area contributed by atoms with Crippen molar-refractivity contribution in [2.75, 3.05) is 14.2 Å². The molecule has 0 aliphatic carbocycles. The third-order valence-electron chi connectivity index (χ3n) is 4.81. The highest BCUT2D eigenvalue weighted by molar-refractivity contribution is 7.22. The Morgan fingerprint density at radius 3 is 2.40 bits per heavy atom. The van der Waals surface area contributed by atoms with E-state index in [0.29, 0.717) is 10.1 Å². The van der Waals surface area contributed by atoms with Crippen molar-refractivity contribution in [1.29, 1.82) is 0 Å². The molecule has 0 radical (unpaired) electrons. The predicted molar refractivity (Wildman–Crippen MR) is 116 cm³/mol. The molecule has 0 spiro atoms. The molecule has 4 rings (SSSR count). The van der Waals surface area contributed by atoms with Crippen LogP contribution in [0.3, 0.4) is 0 Å². The van der Waals surface area contributed by atoms with Gasteiger partial charge in [-0.3, -0.25) is 9.59 Å². The Morgan fingerprint density at radius 2 is 1.70 bits per heavy atom. The third-order valence-corrected chi connectivity index (χ3v) is 6.00. The number of carbonyl (C=O) groups is 1. The molecule has 8 heteroatoms. The number of pyridine rings is 1. The first-order chi connectivity index (χ1) is 14.6. The van der Waals surface area contributed by atoms with Crippen LogP contribution in [-0.4, -0.2) is 29.9 Å². The topological polar surface area (TPSA) is 70.0 Å². The van der Waals surface area contributed by atoms with Crippen LogP contribution in [0.1, 0.15) is 15.2 Å². The van der Waals surface area contributed by atoms with Crippen LogP contribution in [0.25, 0.3) is 21.0 Å².